The van der Waals surface area contributed by atoms with Crippen molar-refractivity contribution in [1.82, 2.24) is 15.2 Å². The maximum Gasteiger partial charge on any atom is 0.0578 e. The third-order valence-corrected chi connectivity index (χ3v) is 5.30. The van der Waals surface area contributed by atoms with E-state index in [1.165, 1.54) is 38.2 Å². The minimum atomic E-state index is 0.551. The Labute approximate surface area is 115 Å². The number of hydrogen-bond acceptors (Lipinski definition) is 3. The molecule has 4 atom stereocenters. The quantitative estimate of drug-likeness (QED) is 0.873. The predicted octanol–water partition coefficient (Wildman–Crippen LogP) is 1.93. The number of nitrogens with zero attached hydrogens (tertiary/aromatic N) is 2. The first-order chi connectivity index (χ1) is 9.34. The topological polar surface area (TPSA) is 28.2 Å². The molecular formula is C16H23N3. The number of fused-ring (bicyclic) bond motifs is 1. The van der Waals surface area contributed by atoms with Crippen LogP contribution in [0.5, 0.6) is 0 Å². The molecule has 1 aromatic rings. The molecular weight excluding hydrogens is 234 g/mol. The van der Waals surface area contributed by atoms with Gasteiger partial charge in [0.2, 0.25) is 0 Å². The maximum absolute atomic E-state index is 4.61. The molecule has 19 heavy (non-hydrogen) atoms. The van der Waals surface area contributed by atoms with Crippen LogP contribution in [0.3, 0.4) is 0 Å². The van der Waals surface area contributed by atoms with Gasteiger partial charge in [0.15, 0.2) is 0 Å². The van der Waals surface area contributed by atoms with E-state index in [0.29, 0.717) is 6.04 Å². The zero-order valence-electron chi connectivity index (χ0n) is 11.6. The summed E-state index contributed by atoms with van der Waals surface area (Å²) in [6, 6.07) is 6.90. The summed E-state index contributed by atoms with van der Waals surface area (Å²) in [6.45, 7) is 3.76. The molecule has 0 amide bonds. The van der Waals surface area contributed by atoms with Crippen molar-refractivity contribution < 1.29 is 0 Å². The van der Waals surface area contributed by atoms with E-state index in [1.807, 2.05) is 12.3 Å². The number of nitrogens with one attached hydrogen (secondary N) is 1. The normalized spacial score (nSPS) is 34.3. The Morgan fingerprint density at radius 1 is 1.32 bits per heavy atom. The first-order valence-corrected chi connectivity index (χ1v) is 7.66. The van der Waals surface area contributed by atoms with Gasteiger partial charge in [0.1, 0.15) is 0 Å². The Morgan fingerprint density at radius 3 is 2.74 bits per heavy atom. The van der Waals surface area contributed by atoms with Gasteiger partial charge in [0.25, 0.3) is 0 Å². The lowest BCUT2D eigenvalue weighted by Crippen LogP contribution is -2.31. The van der Waals surface area contributed by atoms with Gasteiger partial charge in [-0.3, -0.25) is 9.88 Å². The Bertz CT molecular complexity index is 433. The minimum absolute atomic E-state index is 0.551. The van der Waals surface area contributed by atoms with E-state index in [1.54, 1.807) is 0 Å². The lowest BCUT2D eigenvalue weighted by Gasteiger charge is -2.28. The Balaban J connectivity index is 1.45. The average molecular weight is 257 g/mol. The number of aromatic nitrogens is 1. The van der Waals surface area contributed by atoms with Gasteiger partial charge in [0.05, 0.1) is 11.7 Å². The molecule has 3 fully saturated rings. The van der Waals surface area contributed by atoms with Crippen molar-refractivity contribution in [3.8, 4) is 0 Å². The molecule has 4 rings (SSSR count). The van der Waals surface area contributed by atoms with E-state index in [2.05, 4.69) is 34.4 Å². The molecule has 102 valence electrons. The maximum atomic E-state index is 4.61. The predicted molar refractivity (Wildman–Crippen MR) is 75.7 cm³/mol. The summed E-state index contributed by atoms with van der Waals surface area (Å²) in [5, 5.41) is 3.49. The second-order valence-electron chi connectivity index (χ2n) is 6.63. The lowest BCUT2D eigenvalue weighted by molar-refractivity contribution is 0.200. The molecule has 2 aliphatic carbocycles. The first-order valence-electron chi connectivity index (χ1n) is 7.66. The highest BCUT2D eigenvalue weighted by molar-refractivity contribution is 5.13. The third-order valence-electron chi connectivity index (χ3n) is 5.30. The molecule has 1 N–H and O–H groups in total. The van der Waals surface area contributed by atoms with Crippen molar-refractivity contribution in [2.24, 2.45) is 23.7 Å². The van der Waals surface area contributed by atoms with Gasteiger partial charge in [-0.25, -0.2) is 0 Å². The van der Waals surface area contributed by atoms with Crippen molar-refractivity contribution in [1.29, 1.82) is 0 Å². The molecule has 0 radical (unpaired) electrons. The molecule has 1 aromatic heterocycles. The van der Waals surface area contributed by atoms with Gasteiger partial charge in [-0.2, -0.15) is 0 Å². The van der Waals surface area contributed by atoms with E-state index in [0.717, 1.165) is 23.7 Å². The molecule has 2 saturated carbocycles. The van der Waals surface area contributed by atoms with E-state index in [4.69, 9.17) is 0 Å². The number of pyridine rings is 1. The van der Waals surface area contributed by atoms with Crippen molar-refractivity contribution in [2.75, 3.05) is 26.7 Å². The van der Waals surface area contributed by atoms with Gasteiger partial charge in [-0.15, -0.1) is 0 Å². The zero-order chi connectivity index (χ0) is 12.8. The lowest BCUT2D eigenvalue weighted by atomic mass is 10.1. The second-order valence-corrected chi connectivity index (χ2v) is 6.63. The average Bonchev–Trinajstić information content (AvgIpc) is 3.32. The molecule has 3 heteroatoms. The highest BCUT2D eigenvalue weighted by Crippen LogP contribution is 2.51. The Kier molecular flexibility index (Phi) is 2.85. The number of rotatable bonds is 5. The van der Waals surface area contributed by atoms with E-state index in [9.17, 15) is 0 Å². The van der Waals surface area contributed by atoms with Crippen LogP contribution in [0, 0.1) is 23.7 Å². The van der Waals surface area contributed by atoms with Crippen LogP contribution in [0.1, 0.15) is 24.6 Å². The molecule has 0 aromatic carbocycles. The summed E-state index contributed by atoms with van der Waals surface area (Å²) in [7, 11) is 2.30. The van der Waals surface area contributed by atoms with E-state index < -0.39 is 0 Å². The van der Waals surface area contributed by atoms with Gasteiger partial charge in [-0.05, 0) is 68.8 Å². The van der Waals surface area contributed by atoms with Crippen LogP contribution in [0.25, 0.3) is 0 Å². The standard InChI is InChI=1S/C16H23N3/c1-19(10-14-12-8-17-9-13(12)14)16(11-5-6-11)15-4-2-3-7-18-15/h2-4,7,11-14,16-17H,5-6,8-10H2,1H3/t12-,13+,14?,16?. The molecule has 3 aliphatic rings. The van der Waals surface area contributed by atoms with Crippen LogP contribution in [0.4, 0.5) is 0 Å². The van der Waals surface area contributed by atoms with Gasteiger partial charge in [-0.1, -0.05) is 6.07 Å². The SMILES string of the molecule is CN(CC1[C@H]2CNC[C@@H]12)C(c1ccccn1)C1CC1. The van der Waals surface area contributed by atoms with Crippen molar-refractivity contribution in [3.05, 3.63) is 30.1 Å². The van der Waals surface area contributed by atoms with Crippen LogP contribution < -0.4 is 5.32 Å². The minimum Gasteiger partial charge on any atom is -0.316 e. The van der Waals surface area contributed by atoms with Gasteiger partial charge in [0, 0.05) is 12.7 Å². The number of piperidine rings is 1. The van der Waals surface area contributed by atoms with Crippen LogP contribution in [-0.2, 0) is 0 Å². The first kappa shape index (κ1) is 11.9. The summed E-state index contributed by atoms with van der Waals surface area (Å²) in [4.78, 5) is 7.19. The second kappa shape index (κ2) is 4.57. The van der Waals surface area contributed by atoms with Crippen molar-refractivity contribution in [3.63, 3.8) is 0 Å². The summed E-state index contributed by atoms with van der Waals surface area (Å²) in [5.41, 5.74) is 1.27. The zero-order valence-corrected chi connectivity index (χ0v) is 11.6. The fraction of sp³-hybridized carbons (Fsp3) is 0.688. The van der Waals surface area contributed by atoms with Crippen LogP contribution >= 0.6 is 0 Å². The van der Waals surface area contributed by atoms with Crippen molar-refractivity contribution in [2.45, 2.75) is 18.9 Å². The van der Waals surface area contributed by atoms with Crippen LogP contribution in [0.2, 0.25) is 0 Å². The number of hydrogen-bond donors (Lipinski definition) is 1. The summed E-state index contributed by atoms with van der Waals surface area (Å²) < 4.78 is 0. The van der Waals surface area contributed by atoms with Crippen molar-refractivity contribution >= 4 is 0 Å². The monoisotopic (exact) mass is 257 g/mol. The van der Waals surface area contributed by atoms with Gasteiger partial charge >= 0.3 is 0 Å². The molecule has 2 heterocycles. The largest absolute Gasteiger partial charge is 0.316 e. The van der Waals surface area contributed by atoms with Gasteiger partial charge < -0.3 is 5.32 Å². The van der Waals surface area contributed by atoms with E-state index >= 15 is 0 Å². The van der Waals surface area contributed by atoms with Crippen LogP contribution in [-0.4, -0.2) is 36.6 Å². The summed E-state index contributed by atoms with van der Waals surface area (Å²) >= 11 is 0. The molecule has 1 saturated heterocycles. The summed E-state index contributed by atoms with van der Waals surface area (Å²) in [5.74, 6) is 3.71. The molecule has 1 aliphatic heterocycles. The van der Waals surface area contributed by atoms with E-state index in [-0.39, 0.29) is 0 Å². The molecule has 0 bridgehead atoms. The molecule has 2 unspecified atom stereocenters. The fourth-order valence-electron chi connectivity index (χ4n) is 4.05. The highest BCUT2D eigenvalue weighted by atomic mass is 15.2. The molecule has 3 nitrogen and oxygen atoms in total. The Hall–Kier alpha value is -0.930. The fourth-order valence-corrected chi connectivity index (χ4v) is 4.05. The third kappa shape index (κ3) is 2.19. The Morgan fingerprint density at radius 2 is 2.11 bits per heavy atom. The smallest absolute Gasteiger partial charge is 0.0578 e. The summed E-state index contributed by atoms with van der Waals surface area (Å²) in [6.07, 6.45) is 4.70. The molecule has 0 spiro atoms. The highest BCUT2D eigenvalue weighted by Gasteiger charge is 2.53. The van der Waals surface area contributed by atoms with Crippen LogP contribution in [0.15, 0.2) is 24.4 Å².